The minimum absolute atomic E-state index is 0.0494. The second-order valence-electron chi connectivity index (χ2n) is 5.11. The Bertz CT molecular complexity index is 427. The third-order valence-corrected chi connectivity index (χ3v) is 3.50. The average molecular weight is 281 g/mol. The van der Waals surface area contributed by atoms with E-state index in [2.05, 4.69) is 17.4 Å². The fourth-order valence-corrected chi connectivity index (χ4v) is 2.56. The maximum absolute atomic E-state index is 12.6. The first kappa shape index (κ1) is 15.0. The van der Waals surface area contributed by atoms with Crippen LogP contribution >= 0.6 is 0 Å². The van der Waals surface area contributed by atoms with Gasteiger partial charge < -0.3 is 19.5 Å². The molecule has 1 aliphatic rings. The van der Waals surface area contributed by atoms with Gasteiger partial charge in [-0.3, -0.25) is 4.79 Å². The molecule has 0 bridgehead atoms. The molecule has 6 nitrogen and oxygen atoms in total. The van der Waals surface area contributed by atoms with Gasteiger partial charge in [0.25, 0.3) is 5.91 Å². The van der Waals surface area contributed by atoms with Crippen molar-refractivity contribution in [2.24, 2.45) is 0 Å². The minimum Gasteiger partial charge on any atom is -0.377 e. The summed E-state index contributed by atoms with van der Waals surface area (Å²) in [5.41, 5.74) is 0.371. The van der Waals surface area contributed by atoms with Gasteiger partial charge in [0.1, 0.15) is 6.61 Å². The molecule has 1 unspecified atom stereocenters. The number of amides is 1. The van der Waals surface area contributed by atoms with Crippen LogP contribution in [0.2, 0.25) is 0 Å². The van der Waals surface area contributed by atoms with Gasteiger partial charge in [-0.05, 0) is 25.8 Å². The number of rotatable bonds is 6. The molecule has 112 valence electrons. The third-order valence-electron chi connectivity index (χ3n) is 3.50. The molecule has 1 saturated heterocycles. The zero-order chi connectivity index (χ0) is 14.4. The Morgan fingerprint density at radius 2 is 2.50 bits per heavy atom. The maximum atomic E-state index is 12.6. The molecule has 1 aromatic rings. The number of ether oxygens (including phenoxy) is 1. The molecule has 0 aliphatic carbocycles. The van der Waals surface area contributed by atoms with Crippen molar-refractivity contribution >= 4 is 5.91 Å². The second kappa shape index (κ2) is 7.40. The number of hydrogen-bond donors (Lipinski definition) is 1. The highest BCUT2D eigenvalue weighted by atomic mass is 16.5. The summed E-state index contributed by atoms with van der Waals surface area (Å²) in [6.07, 6.45) is 3.08. The van der Waals surface area contributed by atoms with Crippen molar-refractivity contribution in [3.8, 4) is 0 Å². The van der Waals surface area contributed by atoms with Crippen molar-refractivity contribution in [1.29, 1.82) is 0 Å². The number of methoxy groups -OCH3 is 1. The Hall–Kier alpha value is -1.40. The number of carbonyl (C=O) groups is 1. The summed E-state index contributed by atoms with van der Waals surface area (Å²) in [4.78, 5) is 14.5. The number of nitrogens with one attached hydrogen (secondary N) is 1. The first-order valence-corrected chi connectivity index (χ1v) is 7.22. The van der Waals surface area contributed by atoms with Gasteiger partial charge >= 0.3 is 0 Å². The number of aromatic nitrogens is 1. The Morgan fingerprint density at radius 3 is 3.15 bits per heavy atom. The van der Waals surface area contributed by atoms with Crippen LogP contribution in [0.25, 0.3) is 0 Å². The first-order valence-electron chi connectivity index (χ1n) is 7.22. The van der Waals surface area contributed by atoms with Crippen LogP contribution in [0.3, 0.4) is 0 Å². The Morgan fingerprint density at radius 1 is 1.65 bits per heavy atom. The molecule has 0 radical (unpaired) electrons. The predicted octanol–water partition coefficient (Wildman–Crippen LogP) is 1.43. The van der Waals surface area contributed by atoms with Crippen LogP contribution < -0.4 is 5.32 Å². The molecule has 20 heavy (non-hydrogen) atoms. The van der Waals surface area contributed by atoms with E-state index < -0.39 is 0 Å². The van der Waals surface area contributed by atoms with Crippen LogP contribution in [0, 0.1) is 0 Å². The highest BCUT2D eigenvalue weighted by Crippen LogP contribution is 2.15. The van der Waals surface area contributed by atoms with Gasteiger partial charge in [0.15, 0.2) is 11.5 Å². The van der Waals surface area contributed by atoms with E-state index in [-0.39, 0.29) is 11.9 Å². The van der Waals surface area contributed by atoms with E-state index in [0.717, 1.165) is 38.9 Å². The van der Waals surface area contributed by atoms with Crippen molar-refractivity contribution in [2.45, 2.75) is 38.8 Å². The Labute approximate surface area is 119 Å². The Kier molecular flexibility index (Phi) is 5.55. The lowest BCUT2D eigenvalue weighted by atomic mass is 10.0. The van der Waals surface area contributed by atoms with Crippen LogP contribution in [0.1, 0.15) is 42.4 Å². The van der Waals surface area contributed by atoms with E-state index in [1.165, 1.54) is 0 Å². The molecule has 6 heteroatoms. The lowest BCUT2D eigenvalue weighted by Crippen LogP contribution is -2.49. The van der Waals surface area contributed by atoms with Gasteiger partial charge in [0.05, 0.1) is 0 Å². The monoisotopic (exact) mass is 281 g/mol. The molecule has 2 heterocycles. The fraction of sp³-hybridized carbons (Fsp3) is 0.714. The van der Waals surface area contributed by atoms with Crippen LogP contribution in [0.5, 0.6) is 0 Å². The lowest BCUT2D eigenvalue weighted by molar-refractivity contribution is 0.0638. The molecule has 0 spiro atoms. The van der Waals surface area contributed by atoms with E-state index in [4.69, 9.17) is 9.26 Å². The summed E-state index contributed by atoms with van der Waals surface area (Å²) >= 11 is 0. The van der Waals surface area contributed by atoms with Crippen molar-refractivity contribution < 1.29 is 14.1 Å². The third kappa shape index (κ3) is 3.58. The van der Waals surface area contributed by atoms with Crippen molar-refractivity contribution in [1.82, 2.24) is 15.4 Å². The molecular formula is C14H23N3O3. The minimum atomic E-state index is -0.0494. The summed E-state index contributed by atoms with van der Waals surface area (Å²) in [6.45, 7) is 5.05. The summed E-state index contributed by atoms with van der Waals surface area (Å²) in [5.74, 6) is 0.528. The molecule has 1 atom stereocenters. The number of piperidine rings is 1. The lowest BCUT2D eigenvalue weighted by Gasteiger charge is -2.34. The van der Waals surface area contributed by atoms with E-state index in [0.29, 0.717) is 18.1 Å². The summed E-state index contributed by atoms with van der Waals surface area (Å²) in [5, 5.41) is 7.21. The highest BCUT2D eigenvalue weighted by Gasteiger charge is 2.27. The highest BCUT2D eigenvalue weighted by molar-refractivity contribution is 5.92. The standard InChI is InChI=1S/C14H23N3O3/c1-3-7-17(11-5-4-6-15-9-11)14(18)13-8-12(10-19-2)20-16-13/h8,11,15H,3-7,9-10H2,1-2H3. The molecule has 0 saturated carbocycles. The van der Waals surface area contributed by atoms with Crippen molar-refractivity contribution in [3.05, 3.63) is 17.5 Å². The van der Waals surface area contributed by atoms with Crippen molar-refractivity contribution in [2.75, 3.05) is 26.7 Å². The molecule has 1 amide bonds. The van der Waals surface area contributed by atoms with E-state index in [1.807, 2.05) is 4.90 Å². The van der Waals surface area contributed by atoms with Gasteiger partial charge in [-0.15, -0.1) is 0 Å². The molecule has 2 rings (SSSR count). The van der Waals surface area contributed by atoms with E-state index in [9.17, 15) is 4.79 Å². The van der Waals surface area contributed by atoms with Crippen molar-refractivity contribution in [3.63, 3.8) is 0 Å². The summed E-state index contributed by atoms with van der Waals surface area (Å²) in [6, 6.07) is 1.92. The van der Waals surface area contributed by atoms with Gasteiger partial charge in [-0.25, -0.2) is 0 Å². The average Bonchev–Trinajstić information content (AvgIpc) is 2.94. The summed E-state index contributed by atoms with van der Waals surface area (Å²) in [7, 11) is 1.58. The first-order chi connectivity index (χ1) is 9.76. The second-order valence-corrected chi connectivity index (χ2v) is 5.11. The fourth-order valence-electron chi connectivity index (χ4n) is 2.56. The van der Waals surface area contributed by atoms with Crippen LogP contribution in [0.4, 0.5) is 0 Å². The number of carbonyl (C=O) groups excluding carboxylic acids is 1. The van der Waals surface area contributed by atoms with Gasteiger partial charge in [0.2, 0.25) is 0 Å². The van der Waals surface area contributed by atoms with Gasteiger partial charge in [0, 0.05) is 32.3 Å². The topological polar surface area (TPSA) is 67.6 Å². The van der Waals surface area contributed by atoms with Gasteiger partial charge in [-0.2, -0.15) is 0 Å². The zero-order valence-electron chi connectivity index (χ0n) is 12.2. The molecular weight excluding hydrogens is 258 g/mol. The van der Waals surface area contributed by atoms with Crippen LogP contribution in [-0.2, 0) is 11.3 Å². The largest absolute Gasteiger partial charge is 0.377 e. The molecule has 1 N–H and O–H groups in total. The molecule has 1 aromatic heterocycles. The van der Waals surface area contributed by atoms with Gasteiger partial charge in [-0.1, -0.05) is 12.1 Å². The smallest absolute Gasteiger partial charge is 0.276 e. The normalized spacial score (nSPS) is 19.0. The number of nitrogens with zero attached hydrogens (tertiary/aromatic N) is 2. The SMILES string of the molecule is CCCN(C(=O)c1cc(COC)on1)C1CCCNC1. The number of hydrogen-bond acceptors (Lipinski definition) is 5. The van der Waals surface area contributed by atoms with E-state index in [1.54, 1.807) is 13.2 Å². The predicted molar refractivity (Wildman–Crippen MR) is 74.4 cm³/mol. The van der Waals surface area contributed by atoms with E-state index >= 15 is 0 Å². The van der Waals surface area contributed by atoms with Crippen LogP contribution in [0.15, 0.2) is 10.6 Å². The quantitative estimate of drug-likeness (QED) is 0.854. The zero-order valence-corrected chi connectivity index (χ0v) is 12.2. The molecule has 1 fully saturated rings. The maximum Gasteiger partial charge on any atom is 0.276 e. The Balaban J connectivity index is 2.08. The summed E-state index contributed by atoms with van der Waals surface area (Å²) < 4.78 is 10.1. The molecule has 1 aliphatic heterocycles. The van der Waals surface area contributed by atoms with Crippen LogP contribution in [-0.4, -0.2) is 48.7 Å². The molecule has 0 aromatic carbocycles.